The van der Waals surface area contributed by atoms with E-state index in [4.69, 9.17) is 0 Å². The van der Waals surface area contributed by atoms with Crippen LogP contribution in [-0.4, -0.2) is 75.2 Å². The molecule has 1 saturated heterocycles. The van der Waals surface area contributed by atoms with Crippen molar-refractivity contribution in [2.45, 2.75) is 39.2 Å². The smallest absolute Gasteiger partial charge is 0.191 e. The van der Waals surface area contributed by atoms with Crippen LogP contribution in [0.25, 0.3) is 0 Å². The second kappa shape index (κ2) is 12.1. The Morgan fingerprint density at radius 1 is 1.17 bits per heavy atom. The SMILES string of the molecule is CN=C(NCC(C(C)C)N1CCN(C)CC1)NCC(C)(C)c1cccc(F)c1.I. The van der Waals surface area contributed by atoms with Crippen LogP contribution in [0.3, 0.4) is 0 Å². The molecule has 0 aromatic heterocycles. The first-order valence-corrected chi connectivity index (χ1v) is 10.4. The highest BCUT2D eigenvalue weighted by Crippen LogP contribution is 2.22. The van der Waals surface area contributed by atoms with E-state index in [1.54, 1.807) is 19.2 Å². The van der Waals surface area contributed by atoms with Gasteiger partial charge in [0.15, 0.2) is 5.96 Å². The number of hydrogen-bond acceptors (Lipinski definition) is 3. The van der Waals surface area contributed by atoms with Gasteiger partial charge >= 0.3 is 0 Å². The molecule has 0 aliphatic carbocycles. The number of nitrogens with one attached hydrogen (secondary N) is 2. The molecule has 2 rings (SSSR count). The van der Waals surface area contributed by atoms with Crippen LogP contribution < -0.4 is 10.6 Å². The van der Waals surface area contributed by atoms with Gasteiger partial charge in [0.25, 0.3) is 0 Å². The van der Waals surface area contributed by atoms with E-state index >= 15 is 0 Å². The zero-order valence-corrected chi connectivity index (χ0v) is 21.2. The maximum atomic E-state index is 13.6. The molecule has 7 heteroatoms. The van der Waals surface area contributed by atoms with Crippen LogP contribution in [0, 0.1) is 11.7 Å². The Hall–Kier alpha value is -0.930. The number of piperazine rings is 1. The molecule has 0 radical (unpaired) electrons. The van der Waals surface area contributed by atoms with Crippen LogP contribution >= 0.6 is 24.0 Å². The first kappa shape index (κ1) is 26.1. The second-order valence-corrected chi connectivity index (χ2v) is 8.85. The van der Waals surface area contributed by atoms with Gasteiger partial charge < -0.3 is 15.5 Å². The van der Waals surface area contributed by atoms with E-state index in [2.05, 4.69) is 60.2 Å². The van der Waals surface area contributed by atoms with Gasteiger partial charge in [0.05, 0.1) is 0 Å². The third-order valence-electron chi connectivity index (χ3n) is 5.78. The van der Waals surface area contributed by atoms with Crippen LogP contribution in [0.5, 0.6) is 0 Å². The van der Waals surface area contributed by atoms with Crippen LogP contribution in [0.15, 0.2) is 29.3 Å². The molecular formula is C22H39FIN5. The lowest BCUT2D eigenvalue weighted by molar-refractivity contribution is 0.0900. The fraction of sp³-hybridized carbons (Fsp3) is 0.682. The molecule has 29 heavy (non-hydrogen) atoms. The van der Waals surface area contributed by atoms with E-state index in [0.717, 1.165) is 44.2 Å². The van der Waals surface area contributed by atoms with Gasteiger partial charge in [0.1, 0.15) is 5.82 Å². The number of guanidine groups is 1. The number of benzene rings is 1. The summed E-state index contributed by atoms with van der Waals surface area (Å²) in [4.78, 5) is 9.35. The van der Waals surface area contributed by atoms with Gasteiger partial charge in [-0.15, -0.1) is 24.0 Å². The average molecular weight is 519 g/mol. The molecule has 1 aliphatic rings. The zero-order valence-electron chi connectivity index (χ0n) is 18.8. The Balaban J connectivity index is 0.00000420. The molecule has 0 bridgehead atoms. The van der Waals surface area contributed by atoms with Crippen molar-refractivity contribution in [2.75, 3.05) is 53.4 Å². The molecule has 0 saturated carbocycles. The van der Waals surface area contributed by atoms with Gasteiger partial charge in [0, 0.05) is 57.8 Å². The fourth-order valence-electron chi connectivity index (χ4n) is 3.68. The van der Waals surface area contributed by atoms with E-state index in [-0.39, 0.29) is 35.2 Å². The third kappa shape index (κ3) is 8.02. The molecule has 1 fully saturated rings. The number of hydrogen-bond donors (Lipinski definition) is 2. The van der Waals surface area contributed by atoms with Crippen molar-refractivity contribution in [3.8, 4) is 0 Å². The maximum Gasteiger partial charge on any atom is 0.191 e. The molecule has 1 atom stereocenters. The minimum absolute atomic E-state index is 0. The third-order valence-corrected chi connectivity index (χ3v) is 5.78. The van der Waals surface area contributed by atoms with Crippen molar-refractivity contribution in [1.29, 1.82) is 0 Å². The van der Waals surface area contributed by atoms with Crippen molar-refractivity contribution in [1.82, 2.24) is 20.4 Å². The molecule has 1 aromatic carbocycles. The molecule has 5 nitrogen and oxygen atoms in total. The topological polar surface area (TPSA) is 42.9 Å². The Morgan fingerprint density at radius 2 is 1.83 bits per heavy atom. The summed E-state index contributed by atoms with van der Waals surface area (Å²) in [5, 5.41) is 6.93. The fourth-order valence-corrected chi connectivity index (χ4v) is 3.68. The summed E-state index contributed by atoms with van der Waals surface area (Å²) in [6.45, 7) is 14.8. The van der Waals surface area contributed by atoms with Crippen LogP contribution in [-0.2, 0) is 5.41 Å². The summed E-state index contributed by atoms with van der Waals surface area (Å²) in [5.41, 5.74) is 0.780. The van der Waals surface area contributed by atoms with Gasteiger partial charge in [-0.1, -0.05) is 39.8 Å². The molecular weight excluding hydrogens is 480 g/mol. The average Bonchev–Trinajstić information content (AvgIpc) is 2.65. The number of halogens is 2. The Morgan fingerprint density at radius 3 is 2.38 bits per heavy atom. The number of nitrogens with zero attached hydrogens (tertiary/aromatic N) is 3. The summed E-state index contributed by atoms with van der Waals surface area (Å²) in [5.74, 6) is 1.17. The van der Waals surface area contributed by atoms with Gasteiger partial charge in [0.2, 0.25) is 0 Å². The van der Waals surface area contributed by atoms with Crippen LogP contribution in [0.2, 0.25) is 0 Å². The summed E-state index contributed by atoms with van der Waals surface area (Å²) in [6.07, 6.45) is 0. The van der Waals surface area contributed by atoms with Crippen molar-refractivity contribution >= 4 is 29.9 Å². The lowest BCUT2D eigenvalue weighted by atomic mass is 9.84. The first-order chi connectivity index (χ1) is 13.2. The van der Waals surface area contributed by atoms with E-state index < -0.39 is 0 Å². The molecule has 1 unspecified atom stereocenters. The lowest BCUT2D eigenvalue weighted by Crippen LogP contribution is -2.55. The highest BCUT2D eigenvalue weighted by atomic mass is 127. The van der Waals surface area contributed by atoms with Crippen molar-refractivity contribution in [3.63, 3.8) is 0 Å². The van der Waals surface area contributed by atoms with Crippen molar-refractivity contribution in [3.05, 3.63) is 35.6 Å². The second-order valence-electron chi connectivity index (χ2n) is 8.85. The van der Waals surface area contributed by atoms with E-state index in [0.29, 0.717) is 18.5 Å². The van der Waals surface area contributed by atoms with Gasteiger partial charge in [-0.2, -0.15) is 0 Å². The van der Waals surface area contributed by atoms with Crippen LogP contribution in [0.1, 0.15) is 33.3 Å². The first-order valence-electron chi connectivity index (χ1n) is 10.4. The molecule has 0 amide bonds. The minimum Gasteiger partial charge on any atom is -0.356 e. The summed E-state index contributed by atoms with van der Waals surface area (Å²) < 4.78 is 13.6. The van der Waals surface area contributed by atoms with E-state index in [9.17, 15) is 4.39 Å². The predicted octanol–water partition coefficient (Wildman–Crippen LogP) is 3.16. The summed E-state index contributed by atoms with van der Waals surface area (Å²) in [6, 6.07) is 7.31. The predicted molar refractivity (Wildman–Crippen MR) is 132 cm³/mol. The van der Waals surface area contributed by atoms with Gasteiger partial charge in [-0.3, -0.25) is 9.89 Å². The van der Waals surface area contributed by atoms with E-state index in [1.165, 1.54) is 6.07 Å². The molecule has 2 N–H and O–H groups in total. The Kier molecular flexibility index (Phi) is 10.8. The normalized spacial score (nSPS) is 17.7. The summed E-state index contributed by atoms with van der Waals surface area (Å²) in [7, 11) is 3.98. The highest BCUT2D eigenvalue weighted by Gasteiger charge is 2.26. The Labute approximate surface area is 193 Å². The Bertz CT molecular complexity index is 642. The van der Waals surface area contributed by atoms with Crippen LogP contribution in [0.4, 0.5) is 4.39 Å². The lowest BCUT2D eigenvalue weighted by Gasteiger charge is -2.40. The molecule has 0 spiro atoms. The zero-order chi connectivity index (χ0) is 20.7. The molecule has 1 aliphatic heterocycles. The molecule has 1 aromatic rings. The van der Waals surface area contributed by atoms with Crippen molar-refractivity contribution in [2.24, 2.45) is 10.9 Å². The number of likely N-dealkylation sites (N-methyl/N-ethyl adjacent to an activating group) is 1. The highest BCUT2D eigenvalue weighted by molar-refractivity contribution is 14.0. The molecule has 166 valence electrons. The van der Waals surface area contributed by atoms with Gasteiger partial charge in [-0.05, 0) is 30.7 Å². The molecule has 1 heterocycles. The quantitative estimate of drug-likeness (QED) is 0.330. The maximum absolute atomic E-state index is 13.6. The minimum atomic E-state index is -0.200. The number of rotatable bonds is 7. The van der Waals surface area contributed by atoms with Gasteiger partial charge in [-0.25, -0.2) is 4.39 Å². The standard InChI is InChI=1S/C22H38FN5.HI/c1-17(2)20(28-12-10-27(6)11-13-28)15-25-21(24-5)26-16-22(3,4)18-8-7-9-19(23)14-18;/h7-9,14,17,20H,10-13,15-16H2,1-6H3,(H2,24,25,26);1H. The van der Waals surface area contributed by atoms with E-state index in [1.807, 2.05) is 6.07 Å². The monoisotopic (exact) mass is 519 g/mol. The largest absolute Gasteiger partial charge is 0.356 e. The van der Waals surface area contributed by atoms with Crippen molar-refractivity contribution < 1.29 is 4.39 Å². The number of aliphatic imine (C=N–C) groups is 1. The summed E-state index contributed by atoms with van der Waals surface area (Å²) >= 11 is 0.